The minimum absolute atomic E-state index is 0.210. The van der Waals surface area contributed by atoms with Crippen LogP contribution in [0.2, 0.25) is 0 Å². The van der Waals surface area contributed by atoms with E-state index >= 15 is 0 Å². The number of alkyl halides is 2. The van der Waals surface area contributed by atoms with Gasteiger partial charge in [0.2, 0.25) is 5.91 Å². The molecular weight excluding hydrogens is 341 g/mol. The number of amides is 1. The molecule has 0 bridgehead atoms. The lowest BCUT2D eigenvalue weighted by atomic mass is 9.99. The van der Waals surface area contributed by atoms with Crippen molar-refractivity contribution in [3.05, 3.63) is 71.0 Å². The van der Waals surface area contributed by atoms with Crippen LogP contribution in [0.3, 0.4) is 0 Å². The Morgan fingerprint density at radius 3 is 2.54 bits per heavy atom. The summed E-state index contributed by atoms with van der Waals surface area (Å²) in [5.41, 5.74) is 2.68. The van der Waals surface area contributed by atoms with Crippen LogP contribution in [0.25, 0.3) is 0 Å². The third-order valence-corrected chi connectivity index (χ3v) is 4.82. The second kappa shape index (κ2) is 7.91. The quantitative estimate of drug-likeness (QED) is 0.825. The van der Waals surface area contributed by atoms with Crippen molar-refractivity contribution in [2.75, 3.05) is 6.54 Å². The molecule has 3 nitrogen and oxygen atoms in total. The van der Waals surface area contributed by atoms with Crippen LogP contribution in [0.5, 0.6) is 0 Å². The van der Waals surface area contributed by atoms with Crippen molar-refractivity contribution in [1.82, 2.24) is 10.6 Å². The number of benzene rings is 2. The average molecular weight is 362 g/mol. The fourth-order valence-corrected chi connectivity index (χ4v) is 3.41. The van der Waals surface area contributed by atoms with Gasteiger partial charge in [0.15, 0.2) is 0 Å². The van der Waals surface area contributed by atoms with Gasteiger partial charge >= 0.3 is 0 Å². The molecule has 0 saturated carbocycles. The van der Waals surface area contributed by atoms with Crippen LogP contribution in [0, 0.1) is 5.82 Å². The maximum Gasteiger partial charge on any atom is 0.250 e. The van der Waals surface area contributed by atoms with E-state index in [0.717, 1.165) is 11.1 Å². The van der Waals surface area contributed by atoms with Crippen molar-refractivity contribution < 1.29 is 18.0 Å². The van der Waals surface area contributed by atoms with E-state index in [4.69, 9.17) is 0 Å². The maximum atomic E-state index is 13.1. The predicted octanol–water partition coefficient (Wildman–Crippen LogP) is 3.57. The highest BCUT2D eigenvalue weighted by atomic mass is 19.3. The SMILES string of the molecule is C[C@H](C(=O)NC1Cc2ccccc2C1NCC(F)F)c1ccc(F)cc1. The van der Waals surface area contributed by atoms with Gasteiger partial charge in [-0.2, -0.15) is 0 Å². The summed E-state index contributed by atoms with van der Waals surface area (Å²) in [4.78, 5) is 12.6. The number of nitrogens with one attached hydrogen (secondary N) is 2. The first kappa shape index (κ1) is 18.5. The van der Waals surface area contributed by atoms with Crippen LogP contribution in [-0.2, 0) is 11.2 Å². The van der Waals surface area contributed by atoms with E-state index in [1.165, 1.54) is 12.1 Å². The predicted molar refractivity (Wildman–Crippen MR) is 93.6 cm³/mol. The van der Waals surface area contributed by atoms with E-state index in [1.807, 2.05) is 24.3 Å². The largest absolute Gasteiger partial charge is 0.351 e. The van der Waals surface area contributed by atoms with Gasteiger partial charge in [0, 0.05) is 0 Å². The summed E-state index contributed by atoms with van der Waals surface area (Å²) in [6.45, 7) is 1.31. The van der Waals surface area contributed by atoms with Crippen LogP contribution < -0.4 is 10.6 Å². The molecule has 2 unspecified atom stereocenters. The van der Waals surface area contributed by atoms with Crippen LogP contribution in [-0.4, -0.2) is 24.9 Å². The lowest BCUT2D eigenvalue weighted by molar-refractivity contribution is -0.123. The Morgan fingerprint density at radius 1 is 1.15 bits per heavy atom. The molecule has 2 N–H and O–H groups in total. The number of fused-ring (bicyclic) bond motifs is 1. The zero-order chi connectivity index (χ0) is 18.7. The van der Waals surface area contributed by atoms with Crippen molar-refractivity contribution in [1.29, 1.82) is 0 Å². The topological polar surface area (TPSA) is 41.1 Å². The highest BCUT2D eigenvalue weighted by molar-refractivity contribution is 5.83. The third-order valence-electron chi connectivity index (χ3n) is 4.82. The standard InChI is InChI=1S/C20H21F3N2O/c1-12(13-6-8-15(21)9-7-13)20(26)25-17-10-14-4-2-3-5-16(14)19(17)24-11-18(22)23/h2-9,12,17-19,24H,10-11H2,1H3,(H,25,26)/t12-,17?,19?/m0/s1. The fraction of sp³-hybridized carbons (Fsp3) is 0.350. The highest BCUT2D eigenvalue weighted by Gasteiger charge is 2.34. The summed E-state index contributed by atoms with van der Waals surface area (Å²) >= 11 is 0. The third kappa shape index (κ3) is 4.07. The molecule has 0 fully saturated rings. The smallest absolute Gasteiger partial charge is 0.250 e. The van der Waals surface area contributed by atoms with Gasteiger partial charge in [0.1, 0.15) is 5.82 Å². The van der Waals surface area contributed by atoms with E-state index in [2.05, 4.69) is 10.6 Å². The number of hydrogen-bond acceptors (Lipinski definition) is 2. The molecule has 0 spiro atoms. The van der Waals surface area contributed by atoms with Gasteiger partial charge in [0.25, 0.3) is 6.43 Å². The number of carbonyl (C=O) groups is 1. The molecule has 1 aliphatic rings. The lowest BCUT2D eigenvalue weighted by Crippen LogP contribution is -2.45. The molecule has 2 aromatic carbocycles. The Labute approximate surface area is 150 Å². The highest BCUT2D eigenvalue weighted by Crippen LogP contribution is 2.32. The van der Waals surface area contributed by atoms with E-state index in [9.17, 15) is 18.0 Å². The molecule has 0 heterocycles. The van der Waals surface area contributed by atoms with Crippen molar-refractivity contribution >= 4 is 5.91 Å². The van der Waals surface area contributed by atoms with E-state index in [-0.39, 0.29) is 23.8 Å². The number of halogens is 3. The van der Waals surface area contributed by atoms with Crippen LogP contribution >= 0.6 is 0 Å². The number of hydrogen-bond donors (Lipinski definition) is 2. The second-order valence-corrected chi connectivity index (χ2v) is 6.57. The van der Waals surface area contributed by atoms with Crippen molar-refractivity contribution in [2.24, 2.45) is 0 Å². The molecule has 1 aliphatic carbocycles. The summed E-state index contributed by atoms with van der Waals surface area (Å²) in [7, 11) is 0. The van der Waals surface area contributed by atoms with Gasteiger partial charge in [-0.25, -0.2) is 13.2 Å². The molecule has 2 aromatic rings. The van der Waals surface area contributed by atoms with Crippen molar-refractivity contribution in [3.63, 3.8) is 0 Å². The normalized spacial score (nSPS) is 20.0. The first-order valence-electron chi connectivity index (χ1n) is 8.61. The van der Waals surface area contributed by atoms with E-state index < -0.39 is 18.9 Å². The monoisotopic (exact) mass is 362 g/mol. The molecule has 3 rings (SSSR count). The van der Waals surface area contributed by atoms with Gasteiger partial charge in [0.05, 0.1) is 24.5 Å². The van der Waals surface area contributed by atoms with E-state index in [1.54, 1.807) is 19.1 Å². The molecular formula is C20H21F3N2O. The number of rotatable bonds is 6. The van der Waals surface area contributed by atoms with Gasteiger partial charge in [-0.3, -0.25) is 4.79 Å². The fourth-order valence-electron chi connectivity index (χ4n) is 3.41. The molecule has 0 aromatic heterocycles. The zero-order valence-electron chi connectivity index (χ0n) is 14.4. The lowest BCUT2D eigenvalue weighted by Gasteiger charge is -2.24. The Bertz CT molecular complexity index is 764. The minimum Gasteiger partial charge on any atom is -0.351 e. The molecule has 0 saturated heterocycles. The van der Waals surface area contributed by atoms with Gasteiger partial charge < -0.3 is 10.6 Å². The summed E-state index contributed by atoms with van der Waals surface area (Å²) in [5.74, 6) is -1.03. The molecule has 1 amide bonds. The van der Waals surface area contributed by atoms with Crippen molar-refractivity contribution in [2.45, 2.75) is 37.8 Å². The van der Waals surface area contributed by atoms with Crippen LogP contribution in [0.1, 0.15) is 35.6 Å². The van der Waals surface area contributed by atoms with Gasteiger partial charge in [-0.05, 0) is 42.2 Å². The first-order valence-corrected chi connectivity index (χ1v) is 8.61. The van der Waals surface area contributed by atoms with Crippen LogP contribution in [0.15, 0.2) is 48.5 Å². The molecule has 0 radical (unpaired) electrons. The summed E-state index contributed by atoms with van der Waals surface area (Å²) < 4.78 is 38.4. The zero-order valence-corrected chi connectivity index (χ0v) is 14.4. The second-order valence-electron chi connectivity index (χ2n) is 6.57. The number of carbonyl (C=O) groups excluding carboxylic acids is 1. The van der Waals surface area contributed by atoms with Gasteiger partial charge in [-0.15, -0.1) is 0 Å². The maximum absolute atomic E-state index is 13.1. The molecule has 6 heteroatoms. The average Bonchev–Trinajstić information content (AvgIpc) is 2.97. The molecule has 138 valence electrons. The van der Waals surface area contributed by atoms with Gasteiger partial charge in [-0.1, -0.05) is 36.4 Å². The minimum atomic E-state index is -2.46. The summed E-state index contributed by atoms with van der Waals surface area (Å²) in [5, 5.41) is 5.84. The van der Waals surface area contributed by atoms with E-state index in [0.29, 0.717) is 12.0 Å². The molecule has 26 heavy (non-hydrogen) atoms. The summed E-state index contributed by atoms with van der Waals surface area (Å²) in [6.07, 6.45) is -1.88. The Balaban J connectivity index is 1.72. The Kier molecular flexibility index (Phi) is 5.61. The molecule has 0 aliphatic heterocycles. The van der Waals surface area contributed by atoms with Crippen molar-refractivity contribution in [3.8, 4) is 0 Å². The Hall–Kier alpha value is -2.34. The molecule has 3 atom stereocenters. The Morgan fingerprint density at radius 2 is 1.85 bits per heavy atom. The summed E-state index contributed by atoms with van der Waals surface area (Å²) in [6, 6.07) is 12.7. The first-order chi connectivity index (χ1) is 12.5. The van der Waals surface area contributed by atoms with Crippen LogP contribution in [0.4, 0.5) is 13.2 Å².